The molecule has 3 aromatic rings. The van der Waals surface area contributed by atoms with Gasteiger partial charge in [-0.15, -0.1) is 0 Å². The van der Waals surface area contributed by atoms with Gasteiger partial charge in [0.2, 0.25) is 0 Å². The van der Waals surface area contributed by atoms with Crippen LogP contribution in [-0.4, -0.2) is 18.3 Å². The first-order valence-electron chi connectivity index (χ1n) is 8.05. The molecule has 27 heavy (non-hydrogen) atoms. The minimum absolute atomic E-state index is 0.114. The Balaban J connectivity index is 2.09. The molecule has 9 heteroatoms. The van der Waals surface area contributed by atoms with Crippen molar-refractivity contribution in [3.8, 4) is 11.3 Å². The van der Waals surface area contributed by atoms with Gasteiger partial charge in [0.1, 0.15) is 5.69 Å². The highest BCUT2D eigenvalue weighted by Crippen LogP contribution is 2.38. The average Bonchev–Trinajstić information content (AvgIpc) is 3.07. The molecule has 1 aromatic heterocycles. The summed E-state index contributed by atoms with van der Waals surface area (Å²) in [6, 6.07) is 16.6. The first-order valence-corrected chi connectivity index (χ1v) is 10.7. The number of aromatic nitrogens is 2. The third-order valence-corrected chi connectivity index (χ3v) is 6.41. The van der Waals surface area contributed by atoms with Crippen molar-refractivity contribution in [3.63, 3.8) is 0 Å². The van der Waals surface area contributed by atoms with E-state index in [1.165, 1.54) is 12.1 Å². The molecule has 3 rings (SSSR count). The van der Waals surface area contributed by atoms with Gasteiger partial charge >= 0.3 is 0 Å². The van der Waals surface area contributed by atoms with E-state index in [2.05, 4.69) is 9.93 Å². The van der Waals surface area contributed by atoms with Crippen LogP contribution in [-0.2, 0) is 14.4 Å². The highest BCUT2D eigenvalue weighted by molar-refractivity contribution is 7.92. The molecule has 0 amide bonds. The lowest BCUT2D eigenvalue weighted by atomic mass is 10.1. The quantitative estimate of drug-likeness (QED) is 0.533. The smallest absolute Gasteiger partial charge is 0.200 e. The Morgan fingerprint density at radius 2 is 1.70 bits per heavy atom. The Bertz CT molecular complexity index is 1030. The van der Waals surface area contributed by atoms with Crippen LogP contribution in [0.1, 0.15) is 19.0 Å². The van der Waals surface area contributed by atoms with E-state index in [0.717, 1.165) is 4.79 Å². The summed E-state index contributed by atoms with van der Waals surface area (Å²) in [4.78, 5) is 3.74. The number of halogens is 3. The van der Waals surface area contributed by atoms with Gasteiger partial charge in [-0.3, -0.25) is 0 Å². The van der Waals surface area contributed by atoms with E-state index < -0.39 is 14.4 Å². The summed E-state index contributed by atoms with van der Waals surface area (Å²) in [6.07, 6.45) is 0.401. The number of sulfonamides is 1. The summed E-state index contributed by atoms with van der Waals surface area (Å²) < 4.78 is 24.2. The van der Waals surface area contributed by atoms with Crippen molar-refractivity contribution in [2.75, 3.05) is 4.83 Å². The van der Waals surface area contributed by atoms with Gasteiger partial charge in [0.05, 0.1) is 10.6 Å². The lowest BCUT2D eigenvalue weighted by Crippen LogP contribution is -2.25. The highest BCUT2D eigenvalue weighted by atomic mass is 35.5. The van der Waals surface area contributed by atoms with Gasteiger partial charge < -0.3 is 0 Å². The van der Waals surface area contributed by atoms with Gasteiger partial charge in [-0.1, -0.05) is 72.1 Å². The van der Waals surface area contributed by atoms with E-state index in [9.17, 15) is 8.42 Å². The first-order chi connectivity index (χ1) is 12.7. The molecule has 0 aliphatic carbocycles. The maximum Gasteiger partial charge on any atom is 0.276 e. The van der Waals surface area contributed by atoms with Crippen LogP contribution in [0.4, 0.5) is 0 Å². The monoisotopic (exact) mass is 443 g/mol. The Labute approximate surface area is 172 Å². The van der Waals surface area contributed by atoms with Crippen molar-refractivity contribution in [1.29, 1.82) is 0 Å². The molecular weight excluding hydrogens is 429 g/mol. The number of hydrogen-bond donors (Lipinski definition) is 1. The van der Waals surface area contributed by atoms with E-state index in [-0.39, 0.29) is 4.90 Å². The molecule has 0 unspecified atom stereocenters. The number of benzene rings is 2. The van der Waals surface area contributed by atoms with E-state index in [0.29, 0.717) is 28.4 Å². The second-order valence-corrected chi connectivity index (χ2v) is 9.38. The van der Waals surface area contributed by atoms with E-state index >= 15 is 0 Å². The first kappa shape index (κ1) is 20.0. The zero-order valence-electron chi connectivity index (χ0n) is 14.2. The van der Waals surface area contributed by atoms with Gasteiger partial charge in [-0.05, 0) is 36.8 Å². The van der Waals surface area contributed by atoms with Crippen LogP contribution in [0.25, 0.3) is 11.3 Å². The third-order valence-electron chi connectivity index (χ3n) is 3.93. The van der Waals surface area contributed by atoms with Crippen LogP contribution in [0.2, 0.25) is 5.02 Å². The molecule has 0 radical (unpaired) electrons. The second kappa shape index (κ2) is 7.72. The van der Waals surface area contributed by atoms with Gasteiger partial charge in [-0.2, -0.15) is 23.1 Å². The van der Waals surface area contributed by atoms with Crippen LogP contribution in [0.5, 0.6) is 0 Å². The number of nitrogens with one attached hydrogen (secondary N) is 1. The van der Waals surface area contributed by atoms with Crippen molar-refractivity contribution in [2.24, 2.45) is 0 Å². The lowest BCUT2D eigenvalue weighted by molar-refractivity contribution is 0.591. The lowest BCUT2D eigenvalue weighted by Gasteiger charge is -2.14. The standard InChI is InChI=1S/C18H16Cl3N3O2S/c1-2-18(20,21)17-12-16(13-8-10-14(19)11-9-13)24(22-17)23-27(25,26)15-6-4-3-5-7-15/h3-12,23H,2H2,1H3. The summed E-state index contributed by atoms with van der Waals surface area (Å²) in [6.45, 7) is 1.81. The Kier molecular flexibility index (Phi) is 5.72. The molecule has 142 valence electrons. The fraction of sp³-hybridized carbons (Fsp3) is 0.167. The molecule has 0 saturated heterocycles. The molecule has 2 aromatic carbocycles. The van der Waals surface area contributed by atoms with E-state index in [1.54, 1.807) is 48.5 Å². The predicted molar refractivity (Wildman–Crippen MR) is 109 cm³/mol. The van der Waals surface area contributed by atoms with Gasteiger partial charge in [0.15, 0.2) is 4.33 Å². The van der Waals surface area contributed by atoms with Crippen molar-refractivity contribution in [1.82, 2.24) is 9.89 Å². The zero-order chi connectivity index (χ0) is 19.7. The number of rotatable bonds is 6. The number of nitrogens with zero attached hydrogens (tertiary/aromatic N) is 2. The van der Waals surface area contributed by atoms with Crippen molar-refractivity contribution in [2.45, 2.75) is 22.6 Å². The van der Waals surface area contributed by atoms with Crippen molar-refractivity contribution < 1.29 is 8.42 Å². The molecular formula is C18H16Cl3N3O2S. The molecule has 0 fully saturated rings. The fourth-order valence-electron chi connectivity index (χ4n) is 2.40. The molecule has 1 heterocycles. The number of hydrogen-bond acceptors (Lipinski definition) is 3. The van der Waals surface area contributed by atoms with Crippen LogP contribution >= 0.6 is 34.8 Å². The SMILES string of the molecule is CCC(Cl)(Cl)c1cc(-c2ccc(Cl)cc2)n(NS(=O)(=O)c2ccccc2)n1. The summed E-state index contributed by atoms with van der Waals surface area (Å²) in [5.74, 6) is 0. The molecule has 0 aliphatic heterocycles. The summed E-state index contributed by atoms with van der Waals surface area (Å²) >= 11 is 18.6. The fourth-order valence-corrected chi connectivity index (χ4v) is 3.70. The normalized spacial score (nSPS) is 12.1. The highest BCUT2D eigenvalue weighted by Gasteiger charge is 2.30. The minimum Gasteiger partial charge on any atom is -0.200 e. The van der Waals surface area contributed by atoms with Gasteiger partial charge in [0.25, 0.3) is 10.0 Å². The Morgan fingerprint density at radius 1 is 1.07 bits per heavy atom. The molecule has 0 spiro atoms. The maximum atomic E-state index is 12.7. The van der Waals surface area contributed by atoms with Crippen molar-refractivity contribution in [3.05, 3.63) is 71.4 Å². The molecule has 0 saturated carbocycles. The van der Waals surface area contributed by atoms with Crippen LogP contribution in [0, 0.1) is 0 Å². The maximum absolute atomic E-state index is 12.7. The molecule has 0 aliphatic rings. The van der Waals surface area contributed by atoms with Crippen molar-refractivity contribution >= 4 is 44.8 Å². The van der Waals surface area contributed by atoms with E-state index in [1.807, 2.05) is 6.92 Å². The van der Waals surface area contributed by atoms with E-state index in [4.69, 9.17) is 34.8 Å². The largest absolute Gasteiger partial charge is 0.276 e. The predicted octanol–water partition coefficient (Wildman–Crippen LogP) is 5.18. The third kappa shape index (κ3) is 4.41. The second-order valence-electron chi connectivity index (χ2n) is 5.80. The summed E-state index contributed by atoms with van der Waals surface area (Å²) in [5.41, 5.74) is 1.53. The Morgan fingerprint density at radius 3 is 2.30 bits per heavy atom. The average molecular weight is 445 g/mol. The number of alkyl halides is 2. The molecule has 1 N–H and O–H groups in total. The zero-order valence-corrected chi connectivity index (χ0v) is 17.3. The Hall–Kier alpha value is -1.73. The molecule has 0 atom stereocenters. The topological polar surface area (TPSA) is 64.0 Å². The van der Waals surface area contributed by atoms with Crippen LogP contribution in [0.3, 0.4) is 0 Å². The van der Waals surface area contributed by atoms with Gasteiger partial charge in [0, 0.05) is 10.6 Å². The summed E-state index contributed by atoms with van der Waals surface area (Å²) in [7, 11) is -3.85. The van der Waals surface area contributed by atoms with Gasteiger partial charge in [-0.25, -0.2) is 0 Å². The molecule has 5 nitrogen and oxygen atoms in total. The van der Waals surface area contributed by atoms with Crippen LogP contribution < -0.4 is 4.83 Å². The van der Waals surface area contributed by atoms with Crippen LogP contribution in [0.15, 0.2) is 65.6 Å². The summed E-state index contributed by atoms with van der Waals surface area (Å²) in [5, 5.41) is 4.85. The molecule has 0 bridgehead atoms. The minimum atomic E-state index is -3.85.